The van der Waals surface area contributed by atoms with Gasteiger partial charge in [-0.1, -0.05) is 0 Å². The van der Waals surface area contributed by atoms with Crippen molar-refractivity contribution in [1.82, 2.24) is 9.55 Å². The van der Waals surface area contributed by atoms with E-state index in [1.165, 1.54) is 4.57 Å². The molecule has 0 saturated heterocycles. The molecule has 0 radical (unpaired) electrons. The van der Waals surface area contributed by atoms with Gasteiger partial charge in [0.05, 0.1) is 0 Å². The molecule has 5 heteroatoms. The highest BCUT2D eigenvalue weighted by atomic mass is 16.1. The Balaban J connectivity index is 2.84. The molecule has 1 aromatic rings. The number of rotatable bonds is 4. The van der Waals surface area contributed by atoms with Crippen molar-refractivity contribution < 1.29 is 0 Å². The third-order valence-electron chi connectivity index (χ3n) is 2.06. The number of nitrogens with zero attached hydrogens (tertiary/aromatic N) is 3. The van der Waals surface area contributed by atoms with Crippen molar-refractivity contribution in [1.29, 1.82) is 0 Å². The highest BCUT2D eigenvalue weighted by Gasteiger charge is 2.06. The van der Waals surface area contributed by atoms with Crippen LogP contribution in [0.2, 0.25) is 0 Å². The Morgan fingerprint density at radius 2 is 2.36 bits per heavy atom. The van der Waals surface area contributed by atoms with Crippen LogP contribution >= 0.6 is 0 Å². The Morgan fingerprint density at radius 1 is 1.64 bits per heavy atom. The van der Waals surface area contributed by atoms with Crippen LogP contribution in [0.1, 0.15) is 6.42 Å². The fraction of sp³-hybridized carbons (Fsp3) is 0.556. The van der Waals surface area contributed by atoms with E-state index >= 15 is 0 Å². The highest BCUT2D eigenvalue weighted by molar-refractivity contribution is 5.33. The smallest absolute Gasteiger partial charge is 0.293 e. The summed E-state index contributed by atoms with van der Waals surface area (Å²) in [6.45, 7) is 1.38. The molecule has 1 rings (SSSR count). The van der Waals surface area contributed by atoms with E-state index in [1.807, 2.05) is 11.9 Å². The van der Waals surface area contributed by atoms with Gasteiger partial charge in [0.1, 0.15) is 0 Å². The topological polar surface area (TPSA) is 64.2 Å². The fourth-order valence-electron chi connectivity index (χ4n) is 1.18. The second-order valence-corrected chi connectivity index (χ2v) is 3.23. The minimum atomic E-state index is -0.0768. The molecule has 1 heterocycles. The standard InChI is InChI=1S/C9H16N4O/c1-12(6-3-4-10)8-9(14)13(2)7-5-11-8/h5,7H,3-4,6,10H2,1-2H3. The molecule has 0 atom stereocenters. The first-order chi connectivity index (χ1) is 6.66. The number of aromatic nitrogens is 2. The summed E-state index contributed by atoms with van der Waals surface area (Å²) in [5, 5.41) is 0. The summed E-state index contributed by atoms with van der Waals surface area (Å²) in [5.74, 6) is 0.475. The molecule has 2 N–H and O–H groups in total. The van der Waals surface area contributed by atoms with E-state index in [0.29, 0.717) is 12.4 Å². The molecule has 5 nitrogen and oxygen atoms in total. The van der Waals surface area contributed by atoms with Crippen molar-refractivity contribution in [2.45, 2.75) is 6.42 Å². The monoisotopic (exact) mass is 196 g/mol. The Labute approximate surface area is 83.2 Å². The average molecular weight is 196 g/mol. The van der Waals surface area contributed by atoms with Gasteiger partial charge in [-0.05, 0) is 13.0 Å². The molecule has 0 fully saturated rings. The van der Waals surface area contributed by atoms with Gasteiger partial charge in [-0.25, -0.2) is 4.98 Å². The Morgan fingerprint density at radius 3 is 3.00 bits per heavy atom. The Hall–Kier alpha value is -1.36. The summed E-state index contributed by atoms with van der Waals surface area (Å²) in [7, 11) is 3.56. The number of aryl methyl sites for hydroxylation is 1. The van der Waals surface area contributed by atoms with Crippen molar-refractivity contribution >= 4 is 5.82 Å². The number of hydrogen-bond donors (Lipinski definition) is 1. The van der Waals surface area contributed by atoms with Crippen LogP contribution < -0.4 is 16.2 Å². The first-order valence-corrected chi connectivity index (χ1v) is 4.59. The molecule has 0 unspecified atom stereocenters. The van der Waals surface area contributed by atoms with Crippen molar-refractivity contribution in [3.63, 3.8) is 0 Å². The van der Waals surface area contributed by atoms with Gasteiger partial charge in [0, 0.05) is 33.0 Å². The van der Waals surface area contributed by atoms with Crippen LogP contribution in [-0.4, -0.2) is 29.7 Å². The number of nitrogens with two attached hydrogens (primary N) is 1. The summed E-state index contributed by atoms with van der Waals surface area (Å²) in [6, 6.07) is 0. The van der Waals surface area contributed by atoms with Gasteiger partial charge in [-0.3, -0.25) is 4.79 Å². The zero-order chi connectivity index (χ0) is 10.6. The van der Waals surface area contributed by atoms with Crippen molar-refractivity contribution in [2.24, 2.45) is 12.8 Å². The normalized spacial score (nSPS) is 10.2. The first kappa shape index (κ1) is 10.7. The van der Waals surface area contributed by atoms with Crippen LogP contribution in [0.15, 0.2) is 17.2 Å². The minimum Gasteiger partial charge on any atom is -0.355 e. The predicted molar refractivity (Wildman–Crippen MR) is 56.4 cm³/mol. The van der Waals surface area contributed by atoms with Crippen LogP contribution in [0.3, 0.4) is 0 Å². The molecule has 1 aromatic heterocycles. The zero-order valence-electron chi connectivity index (χ0n) is 8.60. The molecule has 0 aliphatic heterocycles. The summed E-state index contributed by atoms with van der Waals surface area (Å²) in [4.78, 5) is 17.5. The number of hydrogen-bond acceptors (Lipinski definition) is 4. The van der Waals surface area contributed by atoms with Gasteiger partial charge in [-0.15, -0.1) is 0 Å². The first-order valence-electron chi connectivity index (χ1n) is 4.59. The summed E-state index contributed by atoms with van der Waals surface area (Å²) in [5.41, 5.74) is 5.32. The Kier molecular flexibility index (Phi) is 3.64. The predicted octanol–water partition coefficient (Wildman–Crippen LogP) is -0.435. The quantitative estimate of drug-likeness (QED) is 0.709. The van der Waals surface area contributed by atoms with Crippen LogP contribution in [0.25, 0.3) is 0 Å². The van der Waals surface area contributed by atoms with E-state index < -0.39 is 0 Å². The molecule has 0 aliphatic rings. The van der Waals surface area contributed by atoms with E-state index in [2.05, 4.69) is 4.98 Å². The maximum atomic E-state index is 11.6. The lowest BCUT2D eigenvalue weighted by Gasteiger charge is -2.16. The van der Waals surface area contributed by atoms with E-state index in [1.54, 1.807) is 19.4 Å². The van der Waals surface area contributed by atoms with Gasteiger partial charge in [-0.2, -0.15) is 0 Å². The van der Waals surface area contributed by atoms with Crippen molar-refractivity contribution in [3.05, 3.63) is 22.7 Å². The van der Waals surface area contributed by atoms with Crippen LogP contribution in [0.5, 0.6) is 0 Å². The molecule has 0 saturated carbocycles. The van der Waals surface area contributed by atoms with Gasteiger partial charge in [0.15, 0.2) is 5.82 Å². The Bertz CT molecular complexity index is 347. The molecule has 0 amide bonds. The second-order valence-electron chi connectivity index (χ2n) is 3.23. The molecule has 78 valence electrons. The summed E-state index contributed by atoms with van der Waals surface area (Å²) in [6.07, 6.45) is 4.12. The SMILES string of the molecule is CN(CCCN)c1nccn(C)c1=O. The molecule has 14 heavy (non-hydrogen) atoms. The summed E-state index contributed by atoms with van der Waals surface area (Å²) >= 11 is 0. The maximum Gasteiger partial charge on any atom is 0.293 e. The molecule has 0 spiro atoms. The van der Waals surface area contributed by atoms with E-state index in [4.69, 9.17) is 5.73 Å². The van der Waals surface area contributed by atoms with E-state index in [9.17, 15) is 4.79 Å². The minimum absolute atomic E-state index is 0.0768. The van der Waals surface area contributed by atoms with Gasteiger partial charge in [0.2, 0.25) is 0 Å². The largest absolute Gasteiger partial charge is 0.355 e. The fourth-order valence-corrected chi connectivity index (χ4v) is 1.18. The van der Waals surface area contributed by atoms with Gasteiger partial charge < -0.3 is 15.2 Å². The summed E-state index contributed by atoms with van der Waals surface area (Å²) < 4.78 is 1.52. The average Bonchev–Trinajstić information content (AvgIpc) is 2.18. The van der Waals surface area contributed by atoms with Crippen LogP contribution in [0, 0.1) is 0 Å². The van der Waals surface area contributed by atoms with Gasteiger partial charge >= 0.3 is 0 Å². The molecule has 0 bridgehead atoms. The third kappa shape index (κ3) is 2.32. The lowest BCUT2D eigenvalue weighted by molar-refractivity contribution is 0.760. The number of anilines is 1. The molecule has 0 aliphatic carbocycles. The highest BCUT2D eigenvalue weighted by Crippen LogP contribution is 1.99. The third-order valence-corrected chi connectivity index (χ3v) is 2.06. The second kappa shape index (κ2) is 4.76. The lowest BCUT2D eigenvalue weighted by Crippen LogP contribution is -2.30. The van der Waals surface area contributed by atoms with E-state index in [-0.39, 0.29) is 5.56 Å². The van der Waals surface area contributed by atoms with Crippen LogP contribution in [0.4, 0.5) is 5.82 Å². The molecular weight excluding hydrogens is 180 g/mol. The zero-order valence-corrected chi connectivity index (χ0v) is 8.60. The van der Waals surface area contributed by atoms with Crippen molar-refractivity contribution in [3.8, 4) is 0 Å². The molecule has 0 aromatic carbocycles. The van der Waals surface area contributed by atoms with Crippen molar-refractivity contribution in [2.75, 3.05) is 25.0 Å². The van der Waals surface area contributed by atoms with Crippen LogP contribution in [-0.2, 0) is 7.05 Å². The van der Waals surface area contributed by atoms with Gasteiger partial charge in [0.25, 0.3) is 5.56 Å². The molecular formula is C9H16N4O. The lowest BCUT2D eigenvalue weighted by atomic mass is 10.4. The van der Waals surface area contributed by atoms with E-state index in [0.717, 1.165) is 13.0 Å². The maximum absolute atomic E-state index is 11.6.